The van der Waals surface area contributed by atoms with Crippen molar-refractivity contribution in [2.45, 2.75) is 0 Å². The Bertz CT molecular complexity index is 6010. The van der Waals surface area contributed by atoms with Gasteiger partial charge < -0.3 is 0 Å². The molecule has 0 aliphatic rings. The molecule has 0 unspecified atom stereocenters. The molecular formula is C82H46N6S2. The first-order valence-electron chi connectivity index (χ1n) is 30.2. The molecule has 8 heteroatoms. The quantitative estimate of drug-likeness (QED) is 0.111. The zero-order valence-corrected chi connectivity index (χ0v) is 49.7. The van der Waals surface area contributed by atoms with Gasteiger partial charge in [-0.25, -0.2) is 29.9 Å². The number of hydrogen-bond acceptors (Lipinski definition) is 8. The molecule has 0 aliphatic heterocycles. The van der Waals surface area contributed by atoms with Crippen molar-refractivity contribution in [3.05, 3.63) is 279 Å². The summed E-state index contributed by atoms with van der Waals surface area (Å²) in [6.07, 6.45) is 0. The van der Waals surface area contributed by atoms with Crippen LogP contribution in [0.1, 0.15) is 0 Å². The zero-order valence-electron chi connectivity index (χ0n) is 48.1. The molecule has 0 bridgehead atoms. The van der Waals surface area contributed by atoms with Crippen molar-refractivity contribution in [1.29, 1.82) is 0 Å². The first kappa shape index (κ1) is 50.7. The topological polar surface area (TPSA) is 77.3 Å². The van der Waals surface area contributed by atoms with Gasteiger partial charge in [0.25, 0.3) is 0 Å². The lowest BCUT2D eigenvalue weighted by Crippen LogP contribution is -2.00. The van der Waals surface area contributed by atoms with Crippen LogP contribution in [0.2, 0.25) is 0 Å². The van der Waals surface area contributed by atoms with Crippen molar-refractivity contribution < 1.29 is 0 Å². The Morgan fingerprint density at radius 2 is 0.500 bits per heavy atom. The molecule has 0 saturated heterocycles. The fourth-order valence-electron chi connectivity index (χ4n) is 14.0. The van der Waals surface area contributed by atoms with Gasteiger partial charge in [0.1, 0.15) is 0 Å². The first-order valence-corrected chi connectivity index (χ1v) is 31.9. The van der Waals surface area contributed by atoms with E-state index in [1.165, 1.54) is 122 Å². The highest BCUT2D eigenvalue weighted by molar-refractivity contribution is 7.27. The third kappa shape index (κ3) is 7.95. The SMILES string of the molecule is c1ccc(-c2nc(-c3ccccc3)nc(-c3ccc(-c4cc5ccc6cccc7c8cccc9sc4c(c98)c5c67)cc3)n2)cc1.c1ccc(-c2nc(-c3ccccc3)nc(-c3cccc(-c4cc5ccc6cccc7c8cccc9sc4c(c98)c5c67)c3)n2)cc1. The Morgan fingerprint density at radius 3 is 0.922 bits per heavy atom. The van der Waals surface area contributed by atoms with Crippen LogP contribution in [0.3, 0.4) is 0 Å². The molecule has 90 heavy (non-hydrogen) atoms. The average Bonchev–Trinajstić information content (AvgIpc) is 1.43. The highest BCUT2D eigenvalue weighted by Crippen LogP contribution is 2.53. The molecule has 4 heterocycles. The monoisotopic (exact) mass is 1180 g/mol. The van der Waals surface area contributed by atoms with Crippen molar-refractivity contribution in [3.8, 4) is 90.6 Å². The zero-order chi connectivity index (χ0) is 59.0. The van der Waals surface area contributed by atoms with E-state index in [1.807, 2.05) is 144 Å². The molecule has 0 aliphatic carbocycles. The van der Waals surface area contributed by atoms with Gasteiger partial charge in [-0.1, -0.05) is 249 Å². The lowest BCUT2D eigenvalue weighted by Gasteiger charge is -2.16. The number of rotatable bonds is 8. The Balaban J connectivity index is 0.000000130. The summed E-state index contributed by atoms with van der Waals surface area (Å²) in [5.41, 5.74) is 10.6. The molecule has 6 nitrogen and oxygen atoms in total. The van der Waals surface area contributed by atoms with Crippen LogP contribution in [0.25, 0.3) is 196 Å². The molecule has 0 saturated carbocycles. The summed E-state index contributed by atoms with van der Waals surface area (Å²) in [4.78, 5) is 29.6. The summed E-state index contributed by atoms with van der Waals surface area (Å²) < 4.78 is 5.34. The minimum Gasteiger partial charge on any atom is -0.208 e. The van der Waals surface area contributed by atoms with E-state index < -0.39 is 0 Å². The van der Waals surface area contributed by atoms with Gasteiger partial charge in [-0.05, 0) is 106 Å². The second kappa shape index (κ2) is 20.1. The normalized spacial score (nSPS) is 12.0. The lowest BCUT2D eigenvalue weighted by molar-refractivity contribution is 1.07. The molecule has 0 spiro atoms. The largest absolute Gasteiger partial charge is 0.208 e. The molecule has 20 aromatic rings. The third-order valence-corrected chi connectivity index (χ3v) is 20.4. The van der Waals surface area contributed by atoms with Crippen LogP contribution in [0.4, 0.5) is 0 Å². The predicted molar refractivity (Wildman–Crippen MR) is 379 cm³/mol. The molecule has 0 atom stereocenters. The Labute approximate surface area is 523 Å². The minimum atomic E-state index is 0.664. The van der Waals surface area contributed by atoms with Crippen molar-refractivity contribution in [1.82, 2.24) is 29.9 Å². The van der Waals surface area contributed by atoms with Gasteiger partial charge in [0, 0.05) is 84.9 Å². The fourth-order valence-corrected chi connectivity index (χ4v) is 16.5. The van der Waals surface area contributed by atoms with Crippen LogP contribution >= 0.6 is 22.7 Å². The average molecular weight is 1180 g/mol. The highest BCUT2D eigenvalue weighted by Gasteiger charge is 2.25. The van der Waals surface area contributed by atoms with E-state index in [4.69, 9.17) is 29.9 Å². The molecule has 416 valence electrons. The van der Waals surface area contributed by atoms with Crippen LogP contribution in [0, 0.1) is 0 Å². The van der Waals surface area contributed by atoms with Crippen LogP contribution in [-0.4, -0.2) is 29.9 Å². The summed E-state index contributed by atoms with van der Waals surface area (Å²) in [5, 5.41) is 21.6. The van der Waals surface area contributed by atoms with Crippen molar-refractivity contribution >= 4 is 128 Å². The van der Waals surface area contributed by atoms with Crippen molar-refractivity contribution in [2.75, 3.05) is 0 Å². The maximum Gasteiger partial charge on any atom is 0.164 e. The van der Waals surface area contributed by atoms with Gasteiger partial charge in [-0.2, -0.15) is 0 Å². The number of hydrogen-bond donors (Lipinski definition) is 0. The van der Waals surface area contributed by atoms with Crippen molar-refractivity contribution in [3.63, 3.8) is 0 Å². The summed E-state index contributed by atoms with van der Waals surface area (Å²) in [7, 11) is 0. The third-order valence-electron chi connectivity index (χ3n) is 18.0. The molecule has 20 rings (SSSR count). The molecule has 0 amide bonds. The maximum absolute atomic E-state index is 5.00. The number of nitrogens with zero attached hydrogens (tertiary/aromatic N) is 6. The number of fused-ring (bicyclic) bond motifs is 2. The number of benzene rings is 16. The molecule has 0 fully saturated rings. The van der Waals surface area contributed by atoms with E-state index in [2.05, 4.69) is 158 Å². The Kier molecular flexibility index (Phi) is 11.3. The minimum absolute atomic E-state index is 0.664. The summed E-state index contributed by atoms with van der Waals surface area (Å²) >= 11 is 3.80. The Hall–Kier alpha value is -11.4. The van der Waals surface area contributed by atoms with Gasteiger partial charge >= 0.3 is 0 Å². The first-order chi connectivity index (χ1) is 44.6. The highest BCUT2D eigenvalue weighted by atomic mass is 32.1. The lowest BCUT2D eigenvalue weighted by atomic mass is 9.87. The van der Waals surface area contributed by atoms with E-state index in [1.54, 1.807) is 0 Å². The van der Waals surface area contributed by atoms with Gasteiger partial charge in [0.15, 0.2) is 34.9 Å². The van der Waals surface area contributed by atoms with E-state index in [0.29, 0.717) is 34.9 Å². The molecule has 16 aromatic carbocycles. The van der Waals surface area contributed by atoms with Gasteiger partial charge in [-0.3, -0.25) is 0 Å². The van der Waals surface area contributed by atoms with Gasteiger partial charge in [0.2, 0.25) is 0 Å². The van der Waals surface area contributed by atoms with Crippen LogP contribution < -0.4 is 0 Å². The van der Waals surface area contributed by atoms with Crippen LogP contribution in [0.5, 0.6) is 0 Å². The van der Waals surface area contributed by atoms with E-state index in [9.17, 15) is 0 Å². The number of thiophene rings is 2. The second-order valence-electron chi connectivity index (χ2n) is 23.2. The van der Waals surface area contributed by atoms with Crippen LogP contribution in [-0.2, 0) is 0 Å². The molecule has 0 radical (unpaired) electrons. The molecule has 0 N–H and O–H groups in total. The van der Waals surface area contributed by atoms with E-state index in [-0.39, 0.29) is 0 Å². The fraction of sp³-hybridized carbons (Fsp3) is 0. The standard InChI is InChI=1S/2C41H23N3S/c1-3-10-25(11-4-1)39-42-40(26-12-5-2-6-13-26)44-41(43-39)29-16-7-15-27(22-29)32-23-28-21-20-24-14-8-17-30-31-18-9-19-33-36(31)37(38(32)45-33)35(28)34(24)30;1-3-9-26(10-4-1)39-42-40(27-11-5-2-6-12-27)44-41(43-39)28-20-17-24(18-21-28)32-23-29-22-19-25-13-7-14-30-31-15-8-16-33-36(31)37(38(32)45-33)35(29)34(25)30/h2*1-23H. The summed E-state index contributed by atoms with van der Waals surface area (Å²) in [6, 6.07) is 98.7. The van der Waals surface area contributed by atoms with Crippen LogP contribution in [0.15, 0.2) is 279 Å². The van der Waals surface area contributed by atoms with E-state index >= 15 is 0 Å². The Morgan fingerprint density at radius 1 is 0.189 bits per heavy atom. The van der Waals surface area contributed by atoms with Crippen molar-refractivity contribution in [2.24, 2.45) is 0 Å². The van der Waals surface area contributed by atoms with Gasteiger partial charge in [0.05, 0.1) is 0 Å². The van der Waals surface area contributed by atoms with Gasteiger partial charge in [-0.15, -0.1) is 22.7 Å². The number of aromatic nitrogens is 6. The molecule has 4 aromatic heterocycles. The predicted octanol–water partition coefficient (Wildman–Crippen LogP) is 22.5. The smallest absolute Gasteiger partial charge is 0.164 e. The second-order valence-corrected chi connectivity index (χ2v) is 25.3. The van der Waals surface area contributed by atoms with E-state index in [0.717, 1.165) is 38.9 Å². The summed E-state index contributed by atoms with van der Waals surface area (Å²) in [6.45, 7) is 0. The molecular weight excluding hydrogens is 1130 g/mol. The maximum atomic E-state index is 5.00. The summed E-state index contributed by atoms with van der Waals surface area (Å²) in [5.74, 6) is 4.00.